The number of carbonyl (C=O) groups is 2. The Hall–Kier alpha value is -2.37. The molecule has 1 saturated carbocycles. The fourth-order valence-electron chi connectivity index (χ4n) is 5.27. The summed E-state index contributed by atoms with van der Waals surface area (Å²) < 4.78 is 49.5. The van der Waals surface area contributed by atoms with Crippen molar-refractivity contribution in [3.63, 3.8) is 0 Å². The first-order chi connectivity index (χ1) is 18.5. The smallest absolute Gasteiger partial charge is 0.433 e. The molecule has 0 radical (unpaired) electrons. The first-order valence-electron chi connectivity index (χ1n) is 13.1. The average Bonchev–Trinajstić information content (AvgIpc) is 3.28. The number of aliphatic hydroxyl groups excluding tert-OH is 1. The fourth-order valence-corrected chi connectivity index (χ4v) is 5.89. The van der Waals surface area contributed by atoms with Crippen molar-refractivity contribution in [2.24, 2.45) is 17.3 Å². The number of halogens is 5. The van der Waals surface area contributed by atoms with Gasteiger partial charge in [0, 0.05) is 24.5 Å². The van der Waals surface area contributed by atoms with Crippen LogP contribution in [-0.4, -0.2) is 56.3 Å². The molecule has 2 aromatic rings. The Morgan fingerprint density at radius 1 is 1.18 bits per heavy atom. The van der Waals surface area contributed by atoms with Crippen LogP contribution in [0, 0.1) is 17.3 Å². The van der Waals surface area contributed by atoms with Gasteiger partial charge in [-0.05, 0) is 37.5 Å². The second-order valence-electron chi connectivity index (χ2n) is 11.4. The topological polar surface area (TPSA) is 97.6 Å². The Morgan fingerprint density at radius 3 is 2.33 bits per heavy atom. The van der Waals surface area contributed by atoms with E-state index in [2.05, 4.69) is 10.1 Å². The minimum absolute atomic E-state index is 0.0351. The lowest BCUT2D eigenvalue weighted by molar-refractivity contribution is -0.153. The first kappa shape index (κ1) is 32.1. The molecule has 0 aromatic carbocycles. The van der Waals surface area contributed by atoms with Gasteiger partial charge in [0.2, 0.25) is 0 Å². The zero-order valence-electron chi connectivity index (χ0n) is 23.1. The number of aliphatic hydroxyl groups is 1. The summed E-state index contributed by atoms with van der Waals surface area (Å²) in [6, 6.07) is -0.657. The molecule has 0 aliphatic heterocycles. The molecule has 3 rings (SSSR count). The van der Waals surface area contributed by atoms with Gasteiger partial charge in [-0.1, -0.05) is 50.9 Å². The maximum atomic E-state index is 14.5. The summed E-state index contributed by atoms with van der Waals surface area (Å²) in [7, 11) is 0. The number of amides is 1. The van der Waals surface area contributed by atoms with Crippen molar-refractivity contribution < 1.29 is 32.6 Å². The summed E-state index contributed by atoms with van der Waals surface area (Å²) in [6.45, 7) is 8.88. The summed E-state index contributed by atoms with van der Waals surface area (Å²) in [5.74, 6) is -1.92. The van der Waals surface area contributed by atoms with E-state index >= 15 is 0 Å². The van der Waals surface area contributed by atoms with Crippen LogP contribution in [0.3, 0.4) is 0 Å². The number of hydrogen-bond donors (Lipinski definition) is 1. The predicted octanol–water partition coefficient (Wildman–Crippen LogP) is 6.37. The number of hydrogen-bond acceptors (Lipinski definition) is 6. The molecule has 2 heterocycles. The highest BCUT2D eigenvalue weighted by Gasteiger charge is 2.44. The van der Waals surface area contributed by atoms with Crippen molar-refractivity contribution in [2.75, 3.05) is 19.7 Å². The maximum absolute atomic E-state index is 14.5. The summed E-state index contributed by atoms with van der Waals surface area (Å²) in [4.78, 5) is 31.0. The molecule has 2 aromatic heterocycles. The van der Waals surface area contributed by atoms with E-state index in [1.165, 1.54) is 12.4 Å². The normalized spacial score (nSPS) is 20.7. The number of pyridine rings is 1. The Morgan fingerprint density at radius 2 is 1.80 bits per heavy atom. The molecule has 0 saturated heterocycles. The summed E-state index contributed by atoms with van der Waals surface area (Å²) in [6.07, 6.45) is -1.87. The SMILES string of the molecule is CCOC(=O)[C@H]1CC[C@H](n2ncc(C(=O)N(C[C@@H](O)c3c(Cl)cncc3Cl)CC(C)(C)C)c2C(F)(F)F)C[C@@H]1C. The van der Waals surface area contributed by atoms with Crippen molar-refractivity contribution in [1.29, 1.82) is 0 Å². The molecule has 4 atom stereocenters. The second kappa shape index (κ2) is 12.7. The van der Waals surface area contributed by atoms with E-state index in [0.717, 1.165) is 15.8 Å². The molecule has 0 spiro atoms. The van der Waals surface area contributed by atoms with Crippen molar-refractivity contribution in [3.8, 4) is 0 Å². The van der Waals surface area contributed by atoms with Gasteiger partial charge in [-0.25, -0.2) is 0 Å². The van der Waals surface area contributed by atoms with Gasteiger partial charge in [0.1, 0.15) is 0 Å². The van der Waals surface area contributed by atoms with E-state index in [1.54, 1.807) is 13.8 Å². The number of rotatable bonds is 8. The highest BCUT2D eigenvalue weighted by atomic mass is 35.5. The molecule has 8 nitrogen and oxygen atoms in total. The Kier molecular flexibility index (Phi) is 10.2. The van der Waals surface area contributed by atoms with Gasteiger partial charge >= 0.3 is 12.1 Å². The fraction of sp³-hybridized carbons (Fsp3) is 0.630. The van der Waals surface area contributed by atoms with E-state index in [4.69, 9.17) is 27.9 Å². The molecule has 1 fully saturated rings. The molecule has 222 valence electrons. The third-order valence-corrected chi connectivity index (χ3v) is 7.54. The molecule has 0 bridgehead atoms. The molecular weight excluding hydrogens is 572 g/mol. The number of ether oxygens (including phenoxy) is 1. The van der Waals surface area contributed by atoms with Crippen LogP contribution >= 0.6 is 23.2 Å². The Bertz CT molecular complexity index is 1200. The molecule has 1 amide bonds. The lowest BCUT2D eigenvalue weighted by Gasteiger charge is -2.34. The van der Waals surface area contributed by atoms with Crippen molar-refractivity contribution in [2.45, 2.75) is 72.2 Å². The highest BCUT2D eigenvalue weighted by molar-refractivity contribution is 6.35. The molecule has 0 unspecified atom stereocenters. The number of carbonyl (C=O) groups excluding carboxylic acids is 2. The molecular formula is C27H35Cl2F3N4O4. The van der Waals surface area contributed by atoms with Gasteiger partial charge < -0.3 is 14.7 Å². The van der Waals surface area contributed by atoms with E-state index in [9.17, 15) is 27.9 Å². The lowest BCUT2D eigenvalue weighted by atomic mass is 9.78. The van der Waals surface area contributed by atoms with E-state index in [0.29, 0.717) is 6.42 Å². The standard InChI is InChI=1S/C27H35Cl2F3N4O4/c1-6-40-25(39)17-8-7-16(9-15(17)2)36-23(27(30,31)32)18(10-34-36)24(38)35(14-26(3,4)5)13-21(37)22-19(28)11-33-12-20(22)29/h10-12,15-17,21,37H,6-9,13-14H2,1-5H3/t15-,16-,17-,21+/m0/s1. The number of esters is 1. The van der Waals surface area contributed by atoms with Crippen LogP contribution in [0.25, 0.3) is 0 Å². The second-order valence-corrected chi connectivity index (χ2v) is 12.2. The van der Waals surface area contributed by atoms with Crippen LogP contribution < -0.4 is 0 Å². The number of nitrogens with zero attached hydrogens (tertiary/aromatic N) is 4. The minimum Gasteiger partial charge on any atom is -0.466 e. The molecule has 1 N–H and O–H groups in total. The first-order valence-corrected chi connectivity index (χ1v) is 13.9. The quantitative estimate of drug-likeness (QED) is 0.351. The van der Waals surface area contributed by atoms with E-state index in [-0.39, 0.29) is 60.0 Å². The van der Waals surface area contributed by atoms with Crippen LogP contribution in [0.15, 0.2) is 18.6 Å². The average molecular weight is 608 g/mol. The minimum atomic E-state index is -4.88. The van der Waals surface area contributed by atoms with Crippen LogP contribution in [0.5, 0.6) is 0 Å². The lowest BCUT2D eigenvalue weighted by Crippen LogP contribution is -2.41. The molecule has 1 aliphatic rings. The number of aromatic nitrogens is 3. The van der Waals surface area contributed by atoms with Gasteiger partial charge in [-0.15, -0.1) is 0 Å². The van der Waals surface area contributed by atoms with Crippen molar-refractivity contribution >= 4 is 35.1 Å². The van der Waals surface area contributed by atoms with Crippen LogP contribution in [0.4, 0.5) is 13.2 Å². The van der Waals surface area contributed by atoms with Gasteiger partial charge in [0.15, 0.2) is 5.69 Å². The van der Waals surface area contributed by atoms with Crippen LogP contribution in [0.2, 0.25) is 10.0 Å². The van der Waals surface area contributed by atoms with Crippen molar-refractivity contribution in [1.82, 2.24) is 19.7 Å². The van der Waals surface area contributed by atoms with E-state index in [1.807, 2.05) is 20.8 Å². The summed E-state index contributed by atoms with van der Waals surface area (Å²) in [5.41, 5.74) is -2.16. The predicted molar refractivity (Wildman–Crippen MR) is 144 cm³/mol. The summed E-state index contributed by atoms with van der Waals surface area (Å²) >= 11 is 12.3. The largest absolute Gasteiger partial charge is 0.466 e. The van der Waals surface area contributed by atoms with Crippen molar-refractivity contribution in [3.05, 3.63) is 45.5 Å². The zero-order valence-corrected chi connectivity index (χ0v) is 24.6. The molecule has 13 heteroatoms. The van der Waals surface area contributed by atoms with Gasteiger partial charge in [-0.3, -0.25) is 19.3 Å². The van der Waals surface area contributed by atoms with Gasteiger partial charge in [0.05, 0.1) is 53.0 Å². The Balaban J connectivity index is 1.96. The Labute approximate surface area is 241 Å². The molecule has 40 heavy (non-hydrogen) atoms. The van der Waals surface area contributed by atoms with Gasteiger partial charge in [0.25, 0.3) is 5.91 Å². The van der Waals surface area contributed by atoms with Gasteiger partial charge in [-0.2, -0.15) is 18.3 Å². The maximum Gasteiger partial charge on any atom is 0.433 e. The third-order valence-electron chi connectivity index (χ3n) is 6.94. The zero-order chi connectivity index (χ0) is 30.0. The van der Waals surface area contributed by atoms with Crippen LogP contribution in [0.1, 0.15) is 87.6 Å². The number of alkyl halides is 3. The van der Waals surface area contributed by atoms with E-state index < -0.39 is 46.8 Å². The summed E-state index contributed by atoms with van der Waals surface area (Å²) in [5, 5.41) is 15.1. The third kappa shape index (κ3) is 7.47. The monoisotopic (exact) mass is 606 g/mol. The molecule has 1 aliphatic carbocycles. The van der Waals surface area contributed by atoms with Crippen LogP contribution in [-0.2, 0) is 15.7 Å². The highest BCUT2D eigenvalue weighted by Crippen LogP contribution is 2.42.